The number of nitrogens with one attached hydrogen (secondary N) is 2. The van der Waals surface area contributed by atoms with Crippen LogP contribution in [0.3, 0.4) is 0 Å². The van der Waals surface area contributed by atoms with Gasteiger partial charge in [0.1, 0.15) is 0 Å². The van der Waals surface area contributed by atoms with Crippen molar-refractivity contribution in [2.24, 2.45) is 0 Å². The Labute approximate surface area is 241 Å². The molecule has 9 heteroatoms. The number of aliphatic hydroxyl groups is 1. The molecule has 3 atom stereocenters. The van der Waals surface area contributed by atoms with E-state index in [1.807, 2.05) is 66.7 Å². The summed E-state index contributed by atoms with van der Waals surface area (Å²) in [5.41, 5.74) is 6.23. The van der Waals surface area contributed by atoms with Gasteiger partial charge in [-0.2, -0.15) is 0 Å². The number of ether oxygens (including phenoxy) is 2. The molecule has 1 aliphatic rings. The van der Waals surface area contributed by atoms with Gasteiger partial charge in [0.05, 0.1) is 18.8 Å². The predicted octanol–water partition coefficient (Wildman–Crippen LogP) is 4.86. The first kappa shape index (κ1) is 30.4. The van der Waals surface area contributed by atoms with Crippen molar-refractivity contribution < 1.29 is 29.4 Å². The van der Waals surface area contributed by atoms with Crippen molar-refractivity contribution in [3.05, 3.63) is 101 Å². The molecule has 0 aromatic heterocycles. The van der Waals surface area contributed by atoms with Crippen molar-refractivity contribution >= 4 is 17.5 Å². The fourth-order valence-electron chi connectivity index (χ4n) is 4.91. The highest BCUT2D eigenvalue weighted by Gasteiger charge is 2.32. The third kappa shape index (κ3) is 9.48. The molecule has 3 aromatic rings. The molecule has 41 heavy (non-hydrogen) atoms. The minimum Gasteiger partial charge on any atom is -0.392 e. The van der Waals surface area contributed by atoms with Gasteiger partial charge in [-0.3, -0.25) is 19.7 Å². The monoisotopic (exact) mass is 561 g/mol. The van der Waals surface area contributed by atoms with Gasteiger partial charge in [0.25, 0.3) is 0 Å². The zero-order chi connectivity index (χ0) is 29.0. The first-order valence-electron chi connectivity index (χ1n) is 14.0. The zero-order valence-corrected chi connectivity index (χ0v) is 23.4. The van der Waals surface area contributed by atoms with E-state index in [1.165, 1.54) is 5.56 Å². The molecule has 2 amide bonds. The minimum atomic E-state index is -0.580. The Morgan fingerprint density at radius 1 is 0.854 bits per heavy atom. The van der Waals surface area contributed by atoms with Crippen LogP contribution in [0, 0.1) is 0 Å². The standard InChI is InChI=1S/C32H39N3O6/c1-35(20-23-7-3-2-4-8-23)21-28-19-29(25-13-11-24(22-36)12-14-25)41-32(40-28)26-15-17-27(18-16-26)33-30(37)9-5-6-10-31(38)34-39/h2-4,7-8,11-18,28-29,32,36,39H,5-6,9-10,19-22H2,1H3,(H,33,37)(H,34,38)/t28-,29+,32+/m0/s1. The number of hydroxylamine groups is 1. The third-order valence-electron chi connectivity index (χ3n) is 7.07. The zero-order valence-electron chi connectivity index (χ0n) is 23.4. The molecule has 4 rings (SSSR count). The fourth-order valence-corrected chi connectivity index (χ4v) is 4.91. The van der Waals surface area contributed by atoms with Crippen molar-refractivity contribution in [3.8, 4) is 0 Å². The number of hydrogen-bond acceptors (Lipinski definition) is 7. The van der Waals surface area contributed by atoms with Crippen LogP contribution in [-0.2, 0) is 32.2 Å². The quantitative estimate of drug-likeness (QED) is 0.134. The number of amides is 2. The molecule has 218 valence electrons. The average Bonchev–Trinajstić information content (AvgIpc) is 3.00. The van der Waals surface area contributed by atoms with Crippen molar-refractivity contribution in [2.45, 2.75) is 63.8 Å². The Kier molecular flexibility index (Phi) is 11.4. The number of hydrogen-bond donors (Lipinski definition) is 4. The number of aliphatic hydroxyl groups excluding tert-OH is 1. The van der Waals surface area contributed by atoms with Gasteiger partial charge >= 0.3 is 0 Å². The Hall–Kier alpha value is -3.60. The third-order valence-corrected chi connectivity index (χ3v) is 7.07. The summed E-state index contributed by atoms with van der Waals surface area (Å²) in [5.74, 6) is -0.595. The fraction of sp³-hybridized carbons (Fsp3) is 0.375. The molecule has 3 aromatic carbocycles. The van der Waals surface area contributed by atoms with Gasteiger partial charge in [-0.05, 0) is 48.7 Å². The van der Waals surface area contributed by atoms with Crippen LogP contribution in [-0.4, -0.2) is 46.7 Å². The molecule has 9 nitrogen and oxygen atoms in total. The van der Waals surface area contributed by atoms with Crippen LogP contribution in [0.4, 0.5) is 5.69 Å². The Balaban J connectivity index is 1.40. The van der Waals surface area contributed by atoms with E-state index >= 15 is 0 Å². The maximum Gasteiger partial charge on any atom is 0.243 e. The Bertz CT molecular complexity index is 1240. The molecule has 0 aliphatic carbocycles. The lowest BCUT2D eigenvalue weighted by Crippen LogP contribution is -2.37. The molecular formula is C32H39N3O6. The van der Waals surface area contributed by atoms with Gasteiger partial charge < -0.3 is 19.9 Å². The number of nitrogens with zero attached hydrogens (tertiary/aromatic N) is 1. The van der Waals surface area contributed by atoms with E-state index < -0.39 is 12.2 Å². The van der Waals surface area contributed by atoms with Gasteiger partial charge in [-0.1, -0.05) is 66.7 Å². The molecular weight excluding hydrogens is 522 g/mol. The molecule has 1 saturated heterocycles. The van der Waals surface area contributed by atoms with Gasteiger partial charge in [0.2, 0.25) is 11.8 Å². The normalized spacial score (nSPS) is 18.7. The molecule has 0 radical (unpaired) electrons. The lowest BCUT2D eigenvalue weighted by Gasteiger charge is -2.38. The second-order valence-electron chi connectivity index (χ2n) is 10.4. The number of unbranched alkanes of at least 4 members (excludes halogenated alkanes) is 1. The van der Waals surface area contributed by atoms with Crippen LogP contribution in [0.2, 0.25) is 0 Å². The molecule has 0 saturated carbocycles. The largest absolute Gasteiger partial charge is 0.392 e. The molecule has 1 heterocycles. The molecule has 1 aliphatic heterocycles. The van der Waals surface area contributed by atoms with Crippen molar-refractivity contribution in [1.82, 2.24) is 10.4 Å². The van der Waals surface area contributed by atoms with Crippen LogP contribution in [0.5, 0.6) is 0 Å². The summed E-state index contributed by atoms with van der Waals surface area (Å²) in [4.78, 5) is 25.6. The summed E-state index contributed by atoms with van der Waals surface area (Å²) >= 11 is 0. The first-order valence-corrected chi connectivity index (χ1v) is 14.0. The summed E-state index contributed by atoms with van der Waals surface area (Å²) in [6.45, 7) is 1.54. The highest BCUT2D eigenvalue weighted by molar-refractivity contribution is 5.90. The van der Waals surface area contributed by atoms with Crippen LogP contribution < -0.4 is 10.8 Å². The van der Waals surface area contributed by atoms with Gasteiger partial charge in [-0.15, -0.1) is 0 Å². The molecule has 0 bridgehead atoms. The maximum absolute atomic E-state index is 12.3. The summed E-state index contributed by atoms with van der Waals surface area (Å²) < 4.78 is 12.9. The van der Waals surface area contributed by atoms with Crippen LogP contribution in [0.15, 0.2) is 78.9 Å². The van der Waals surface area contributed by atoms with Crippen molar-refractivity contribution in [2.75, 3.05) is 18.9 Å². The van der Waals surface area contributed by atoms with E-state index in [1.54, 1.807) is 5.48 Å². The Morgan fingerprint density at radius 2 is 1.51 bits per heavy atom. The maximum atomic E-state index is 12.3. The van der Waals surface area contributed by atoms with E-state index in [9.17, 15) is 14.7 Å². The number of carbonyl (C=O) groups is 2. The topological polar surface area (TPSA) is 120 Å². The van der Waals surface area contributed by atoms with Crippen LogP contribution >= 0.6 is 0 Å². The average molecular weight is 562 g/mol. The minimum absolute atomic E-state index is 0.00575. The van der Waals surface area contributed by atoms with E-state index in [4.69, 9.17) is 14.7 Å². The number of carbonyl (C=O) groups excluding carboxylic acids is 2. The van der Waals surface area contributed by atoms with Gasteiger partial charge in [0, 0.05) is 43.6 Å². The van der Waals surface area contributed by atoms with Gasteiger partial charge in [0.15, 0.2) is 6.29 Å². The lowest BCUT2D eigenvalue weighted by atomic mass is 9.99. The molecule has 0 spiro atoms. The van der Waals surface area contributed by atoms with Crippen LogP contribution in [0.1, 0.15) is 66.8 Å². The Morgan fingerprint density at radius 3 is 2.17 bits per heavy atom. The molecule has 1 fully saturated rings. The van der Waals surface area contributed by atoms with Crippen LogP contribution in [0.25, 0.3) is 0 Å². The van der Waals surface area contributed by atoms with Crippen molar-refractivity contribution in [3.63, 3.8) is 0 Å². The summed E-state index contributed by atoms with van der Waals surface area (Å²) in [5, 5.41) is 20.9. The summed E-state index contributed by atoms with van der Waals surface area (Å²) in [6.07, 6.45) is 1.38. The smallest absolute Gasteiger partial charge is 0.243 e. The predicted molar refractivity (Wildman–Crippen MR) is 155 cm³/mol. The number of anilines is 1. The van der Waals surface area contributed by atoms with E-state index in [-0.39, 0.29) is 37.6 Å². The second kappa shape index (κ2) is 15.4. The second-order valence-corrected chi connectivity index (χ2v) is 10.4. The number of likely N-dealkylation sites (N-methyl/N-ethyl adjacent to an activating group) is 1. The van der Waals surface area contributed by atoms with Gasteiger partial charge in [-0.25, -0.2) is 5.48 Å². The van der Waals surface area contributed by atoms with E-state index in [0.717, 1.165) is 29.8 Å². The SMILES string of the molecule is CN(Cc1ccccc1)C[C@@H]1C[C@H](c2ccc(CO)cc2)O[C@H](c2ccc(NC(=O)CCCCC(=O)NO)cc2)O1. The highest BCUT2D eigenvalue weighted by atomic mass is 16.7. The molecule has 0 unspecified atom stereocenters. The first-order chi connectivity index (χ1) is 19.9. The lowest BCUT2D eigenvalue weighted by molar-refractivity contribution is -0.252. The molecule has 4 N–H and O–H groups in total. The van der Waals surface area contributed by atoms with E-state index in [0.29, 0.717) is 24.9 Å². The van der Waals surface area contributed by atoms with E-state index in [2.05, 4.69) is 29.4 Å². The highest BCUT2D eigenvalue weighted by Crippen LogP contribution is 2.38. The number of benzene rings is 3. The summed E-state index contributed by atoms with van der Waals surface area (Å²) in [7, 11) is 2.09. The number of rotatable bonds is 13. The van der Waals surface area contributed by atoms with Crippen molar-refractivity contribution in [1.29, 1.82) is 0 Å². The summed E-state index contributed by atoms with van der Waals surface area (Å²) in [6, 6.07) is 25.6.